The topological polar surface area (TPSA) is 111 Å². The maximum atomic E-state index is 13.2. The van der Waals surface area contributed by atoms with E-state index < -0.39 is 32.8 Å². The van der Waals surface area contributed by atoms with Gasteiger partial charge in [-0.05, 0) is 57.7 Å². The molecule has 2 atom stereocenters. The van der Waals surface area contributed by atoms with Gasteiger partial charge in [0.05, 0.1) is 36.7 Å². The van der Waals surface area contributed by atoms with Gasteiger partial charge in [0.15, 0.2) is 0 Å². The van der Waals surface area contributed by atoms with Crippen molar-refractivity contribution in [2.24, 2.45) is 5.92 Å². The zero-order valence-electron chi connectivity index (χ0n) is 21.4. The number of piperidine rings is 1. The summed E-state index contributed by atoms with van der Waals surface area (Å²) < 4.78 is 27.2. The number of nitro benzene ring substituents is 1. The number of hydrogen-bond acceptors (Lipinski definition) is 6. The second kappa shape index (κ2) is 12.9. The minimum absolute atomic E-state index is 0.00644. The van der Waals surface area contributed by atoms with E-state index in [2.05, 4.69) is 11.3 Å². The highest BCUT2D eigenvalue weighted by Gasteiger charge is 2.35. The van der Waals surface area contributed by atoms with Gasteiger partial charge in [0, 0.05) is 36.9 Å². The van der Waals surface area contributed by atoms with Crippen LogP contribution in [0.2, 0.25) is 10.0 Å². The average molecular weight is 585 g/mol. The maximum absolute atomic E-state index is 13.2. The van der Waals surface area contributed by atoms with Gasteiger partial charge in [0.25, 0.3) is 5.69 Å². The fourth-order valence-corrected chi connectivity index (χ4v) is 5.21. The van der Waals surface area contributed by atoms with Gasteiger partial charge in [0.2, 0.25) is 0 Å². The predicted molar refractivity (Wildman–Crippen MR) is 149 cm³/mol. The molecule has 3 rings (SSSR count). The summed E-state index contributed by atoms with van der Waals surface area (Å²) in [7, 11) is -1.40. The van der Waals surface area contributed by atoms with E-state index in [4.69, 9.17) is 32.7 Å². The fourth-order valence-electron chi connectivity index (χ4n) is 3.98. The second-order valence-electron chi connectivity index (χ2n) is 9.82. The van der Waals surface area contributed by atoms with Gasteiger partial charge in [-0.3, -0.25) is 10.1 Å². The van der Waals surface area contributed by atoms with Gasteiger partial charge in [-0.15, -0.1) is 0 Å². The van der Waals surface area contributed by atoms with Gasteiger partial charge in [-0.2, -0.15) is 0 Å². The van der Waals surface area contributed by atoms with E-state index in [0.717, 1.165) is 5.56 Å². The number of rotatable bonds is 9. The third kappa shape index (κ3) is 7.69. The number of halogens is 2. The van der Waals surface area contributed by atoms with Crippen molar-refractivity contribution in [1.82, 2.24) is 9.62 Å². The maximum Gasteiger partial charge on any atom is 0.415 e. The molecule has 1 N–H and O–H groups in total. The van der Waals surface area contributed by atoms with Crippen LogP contribution in [0.3, 0.4) is 0 Å². The number of hydrogen-bond donors (Lipinski definition) is 1. The molecule has 0 radical (unpaired) electrons. The number of ether oxygens (including phenoxy) is 2. The fraction of sp³-hybridized carbons (Fsp3) is 0.423. The van der Waals surface area contributed by atoms with E-state index in [9.17, 15) is 19.1 Å². The molecule has 1 amide bonds. The normalized spacial score (nSPS) is 16.0. The Kier molecular flexibility index (Phi) is 10.2. The first-order chi connectivity index (χ1) is 17.9. The van der Waals surface area contributed by atoms with Gasteiger partial charge < -0.3 is 14.4 Å². The highest BCUT2D eigenvalue weighted by atomic mass is 35.5. The number of non-ortho nitro benzene ring substituents is 1. The molecule has 9 nitrogen and oxygen atoms in total. The number of benzene rings is 2. The van der Waals surface area contributed by atoms with Crippen molar-refractivity contribution in [1.29, 1.82) is 0 Å². The van der Waals surface area contributed by atoms with Crippen molar-refractivity contribution < 1.29 is 23.4 Å². The van der Waals surface area contributed by atoms with Gasteiger partial charge in [0.1, 0.15) is 18.1 Å². The first-order valence-electron chi connectivity index (χ1n) is 12.0. The molecule has 206 valence electrons. The van der Waals surface area contributed by atoms with E-state index in [1.165, 1.54) is 24.3 Å². The molecule has 1 fully saturated rings. The van der Waals surface area contributed by atoms with Crippen molar-refractivity contribution in [3.63, 3.8) is 0 Å². The lowest BCUT2D eigenvalue weighted by Gasteiger charge is -2.37. The summed E-state index contributed by atoms with van der Waals surface area (Å²) in [5, 5.41) is 11.5. The van der Waals surface area contributed by atoms with E-state index in [1.54, 1.807) is 23.1 Å². The Morgan fingerprint density at radius 2 is 1.84 bits per heavy atom. The summed E-state index contributed by atoms with van der Waals surface area (Å²) in [5.74, 6) is 0.735. The monoisotopic (exact) mass is 583 g/mol. The summed E-state index contributed by atoms with van der Waals surface area (Å²) in [4.78, 5) is 24.6. The number of nitrogens with zero attached hydrogens (tertiary/aromatic N) is 2. The van der Waals surface area contributed by atoms with Gasteiger partial charge in [-0.25, -0.2) is 13.7 Å². The van der Waals surface area contributed by atoms with Crippen molar-refractivity contribution in [2.45, 2.75) is 44.4 Å². The molecule has 0 saturated carbocycles. The van der Waals surface area contributed by atoms with Crippen LogP contribution < -0.4 is 14.2 Å². The molecule has 0 aliphatic carbocycles. The third-order valence-corrected chi connectivity index (χ3v) is 8.36. The molecule has 2 aromatic rings. The Balaban J connectivity index is 1.79. The summed E-state index contributed by atoms with van der Waals surface area (Å²) >= 11 is 12.6. The standard InChI is InChI=1S/C26H31Cl2N3O6S/c1-5-14-36-23-16-22(28)21(27)15-20(23)24(29-38(35)26(2,3)4)17-10-12-30(13-11-17)25(32)37-19-8-6-18(7-9-19)31(33)34/h5-9,15-17,24,29H,1,10-14H2,2-4H3/t24-,38?/m1/s1. The van der Waals surface area contributed by atoms with Crippen LogP contribution in [0.15, 0.2) is 49.1 Å². The quantitative estimate of drug-likeness (QED) is 0.206. The van der Waals surface area contributed by atoms with Crippen molar-refractivity contribution in [2.75, 3.05) is 19.7 Å². The van der Waals surface area contributed by atoms with Crippen LogP contribution in [-0.2, 0) is 11.0 Å². The number of carbonyl (C=O) groups excluding carboxylic acids is 1. The van der Waals surface area contributed by atoms with Gasteiger partial charge >= 0.3 is 6.09 Å². The summed E-state index contributed by atoms with van der Waals surface area (Å²) in [5.41, 5.74) is 0.640. The molecule has 1 aliphatic rings. The number of nitro groups is 1. The zero-order valence-corrected chi connectivity index (χ0v) is 23.8. The van der Waals surface area contributed by atoms with Crippen LogP contribution in [-0.4, -0.2) is 44.6 Å². The number of carbonyl (C=O) groups is 1. The summed E-state index contributed by atoms with van der Waals surface area (Å²) in [6.07, 6.45) is 2.27. The molecule has 0 aromatic heterocycles. The summed E-state index contributed by atoms with van der Waals surface area (Å²) in [6.45, 7) is 10.4. The Morgan fingerprint density at radius 3 is 2.39 bits per heavy atom. The van der Waals surface area contributed by atoms with Crippen LogP contribution in [0.4, 0.5) is 10.5 Å². The molecule has 0 bridgehead atoms. The Labute approximate surface area is 234 Å². The van der Waals surface area contributed by atoms with Crippen LogP contribution in [0.1, 0.15) is 45.2 Å². The van der Waals surface area contributed by atoms with Crippen LogP contribution in [0, 0.1) is 16.0 Å². The first kappa shape index (κ1) is 29.9. The molecule has 1 saturated heterocycles. The SMILES string of the molecule is C=CCOc1cc(Cl)c(Cl)cc1[C@H](NS(=O)C(C)(C)C)C1CCN(C(=O)Oc2ccc([N+](=O)[O-])cc2)CC1. The van der Waals surface area contributed by atoms with E-state index >= 15 is 0 Å². The number of nitrogens with one attached hydrogen (secondary N) is 1. The lowest BCUT2D eigenvalue weighted by atomic mass is 9.85. The zero-order chi connectivity index (χ0) is 28.0. The lowest BCUT2D eigenvalue weighted by Crippen LogP contribution is -2.45. The predicted octanol–water partition coefficient (Wildman–Crippen LogP) is 6.47. The number of likely N-dealkylation sites (tertiary alicyclic amines) is 1. The minimum atomic E-state index is -1.40. The molecular weight excluding hydrogens is 553 g/mol. The Hall–Kier alpha value is -2.66. The molecule has 1 unspecified atom stereocenters. The van der Waals surface area contributed by atoms with Crippen molar-refractivity contribution in [3.05, 3.63) is 74.8 Å². The highest BCUT2D eigenvalue weighted by Crippen LogP contribution is 2.40. The van der Waals surface area contributed by atoms with E-state index in [1.807, 2.05) is 20.8 Å². The first-order valence-corrected chi connectivity index (χ1v) is 13.9. The van der Waals surface area contributed by atoms with E-state index in [0.29, 0.717) is 41.7 Å². The second-order valence-corrected chi connectivity index (χ2v) is 12.6. The van der Waals surface area contributed by atoms with E-state index in [-0.39, 0.29) is 24.0 Å². The van der Waals surface area contributed by atoms with Crippen molar-refractivity contribution >= 4 is 46.0 Å². The van der Waals surface area contributed by atoms with Gasteiger partial charge in [-0.1, -0.05) is 35.9 Å². The van der Waals surface area contributed by atoms with Crippen LogP contribution >= 0.6 is 23.2 Å². The smallest absolute Gasteiger partial charge is 0.415 e. The molecule has 12 heteroatoms. The molecule has 1 aliphatic heterocycles. The minimum Gasteiger partial charge on any atom is -0.489 e. The lowest BCUT2D eigenvalue weighted by molar-refractivity contribution is -0.384. The number of amides is 1. The summed E-state index contributed by atoms with van der Waals surface area (Å²) in [6, 6.07) is 8.33. The molecule has 1 heterocycles. The largest absolute Gasteiger partial charge is 0.489 e. The van der Waals surface area contributed by atoms with Crippen LogP contribution in [0.25, 0.3) is 0 Å². The molecule has 38 heavy (non-hydrogen) atoms. The molecule has 2 aromatic carbocycles. The third-order valence-electron chi connectivity index (χ3n) is 6.06. The molecule has 0 spiro atoms. The highest BCUT2D eigenvalue weighted by molar-refractivity contribution is 7.84. The van der Waals surface area contributed by atoms with Crippen molar-refractivity contribution in [3.8, 4) is 11.5 Å². The van der Waals surface area contributed by atoms with Crippen LogP contribution in [0.5, 0.6) is 11.5 Å². The Morgan fingerprint density at radius 1 is 1.24 bits per heavy atom. The molecular formula is C26H31Cl2N3O6S. The average Bonchev–Trinajstić information content (AvgIpc) is 2.87. The Bertz CT molecular complexity index is 1190.